The molecule has 2 aromatic carbocycles. The second-order valence-corrected chi connectivity index (χ2v) is 11.4. The average Bonchev–Trinajstić information content (AvgIpc) is 3.29. The van der Waals surface area contributed by atoms with Crippen LogP contribution in [0.25, 0.3) is 10.9 Å². The molecule has 0 spiro atoms. The lowest BCUT2D eigenvalue weighted by Gasteiger charge is -2.09. The number of rotatable bonds is 17. The topological polar surface area (TPSA) is 57.5 Å². The number of fused-ring (bicyclic) bond motifs is 1. The summed E-state index contributed by atoms with van der Waals surface area (Å²) in [6.45, 7) is 2.26. The van der Waals surface area contributed by atoms with Crippen LogP contribution in [0.3, 0.4) is 0 Å². The highest BCUT2D eigenvalue weighted by Gasteiger charge is 2.23. The van der Waals surface area contributed by atoms with Crippen LogP contribution in [0.1, 0.15) is 89.5 Å². The van der Waals surface area contributed by atoms with Crippen LogP contribution >= 0.6 is 0 Å². The molecule has 1 aromatic heterocycles. The molecule has 0 saturated carbocycles. The third-order valence-electron chi connectivity index (χ3n) is 6.97. The van der Waals surface area contributed by atoms with Gasteiger partial charge in [-0.1, -0.05) is 83.6 Å². The number of ether oxygens (including phenoxy) is 2. The molecule has 0 atom stereocenters. The van der Waals surface area contributed by atoms with Gasteiger partial charge in [-0.3, -0.25) is 0 Å². The zero-order chi connectivity index (χ0) is 25.8. The second kappa shape index (κ2) is 14.3. The quantitative estimate of drug-likeness (QED) is 0.171. The van der Waals surface area contributed by atoms with Crippen molar-refractivity contribution >= 4 is 20.9 Å². The van der Waals surface area contributed by atoms with Crippen LogP contribution in [-0.2, 0) is 16.4 Å². The Labute approximate surface area is 217 Å². The van der Waals surface area contributed by atoms with Gasteiger partial charge in [-0.05, 0) is 54.8 Å². The van der Waals surface area contributed by atoms with Gasteiger partial charge in [0.1, 0.15) is 11.5 Å². The Kier molecular flexibility index (Phi) is 11.2. The smallest absolute Gasteiger partial charge is 0.268 e. The summed E-state index contributed by atoms with van der Waals surface area (Å²) >= 11 is 0. The van der Waals surface area contributed by atoms with E-state index in [0.29, 0.717) is 17.0 Å². The fourth-order valence-electron chi connectivity index (χ4n) is 4.88. The molecule has 0 fully saturated rings. The maximum absolute atomic E-state index is 13.5. The van der Waals surface area contributed by atoms with Crippen molar-refractivity contribution in [2.45, 2.75) is 95.3 Å². The highest BCUT2D eigenvalue weighted by molar-refractivity contribution is 7.90. The highest BCUT2D eigenvalue weighted by Crippen LogP contribution is 2.34. The molecule has 5 nitrogen and oxygen atoms in total. The van der Waals surface area contributed by atoms with Crippen molar-refractivity contribution in [3.8, 4) is 11.5 Å². The van der Waals surface area contributed by atoms with Gasteiger partial charge in [-0.2, -0.15) is 0 Å². The number of aromatic nitrogens is 1. The summed E-state index contributed by atoms with van der Waals surface area (Å²) < 4.78 is 39.2. The van der Waals surface area contributed by atoms with Gasteiger partial charge in [0.25, 0.3) is 10.0 Å². The van der Waals surface area contributed by atoms with Crippen LogP contribution < -0.4 is 9.47 Å². The van der Waals surface area contributed by atoms with Crippen molar-refractivity contribution in [2.75, 3.05) is 14.2 Å². The molecule has 0 amide bonds. The minimum Gasteiger partial charge on any atom is -0.497 e. The van der Waals surface area contributed by atoms with Gasteiger partial charge in [0, 0.05) is 11.6 Å². The summed E-state index contributed by atoms with van der Waals surface area (Å²) in [4.78, 5) is 0.236. The van der Waals surface area contributed by atoms with Gasteiger partial charge in [0.05, 0.1) is 24.6 Å². The lowest BCUT2D eigenvalue weighted by molar-refractivity contribution is 0.414. The molecule has 0 radical (unpaired) electrons. The number of hydrogen-bond donors (Lipinski definition) is 0. The zero-order valence-electron chi connectivity index (χ0n) is 22.3. The SMILES string of the molecule is CCCCCCCCCCCCCCc1cn(S(=O)(=O)c2ccc(OC)cc2)c2cccc(OC)c12. The molecule has 3 aromatic rings. The summed E-state index contributed by atoms with van der Waals surface area (Å²) in [6, 6.07) is 12.1. The third-order valence-corrected chi connectivity index (χ3v) is 8.66. The average molecular weight is 514 g/mol. The summed E-state index contributed by atoms with van der Waals surface area (Å²) in [7, 11) is -0.542. The number of hydrogen-bond acceptors (Lipinski definition) is 4. The first-order chi connectivity index (χ1) is 17.5. The van der Waals surface area contributed by atoms with Gasteiger partial charge in [0.2, 0.25) is 0 Å². The van der Waals surface area contributed by atoms with Gasteiger partial charge in [0.15, 0.2) is 0 Å². The minimum absolute atomic E-state index is 0.236. The van der Waals surface area contributed by atoms with Gasteiger partial charge in [-0.15, -0.1) is 0 Å². The molecule has 6 heteroatoms. The number of aryl methyl sites for hydroxylation is 1. The molecular formula is C30H43NO4S. The summed E-state index contributed by atoms with van der Waals surface area (Å²) in [5, 5.41) is 0.889. The van der Waals surface area contributed by atoms with Crippen LogP contribution in [0, 0.1) is 0 Å². The fourth-order valence-corrected chi connectivity index (χ4v) is 6.26. The fraction of sp³-hybridized carbons (Fsp3) is 0.533. The van der Waals surface area contributed by atoms with E-state index in [1.165, 1.54) is 68.2 Å². The Morgan fingerprint density at radius 3 is 1.86 bits per heavy atom. The van der Waals surface area contributed by atoms with Crippen molar-refractivity contribution in [1.29, 1.82) is 0 Å². The summed E-state index contributed by atoms with van der Waals surface area (Å²) in [6.07, 6.45) is 18.2. The number of benzene rings is 2. The molecule has 0 N–H and O–H groups in total. The van der Waals surface area contributed by atoms with Gasteiger partial charge >= 0.3 is 0 Å². The highest BCUT2D eigenvalue weighted by atomic mass is 32.2. The first-order valence-electron chi connectivity index (χ1n) is 13.6. The molecule has 0 aliphatic carbocycles. The number of methoxy groups -OCH3 is 2. The van der Waals surface area contributed by atoms with E-state index >= 15 is 0 Å². The van der Waals surface area contributed by atoms with Crippen molar-refractivity contribution < 1.29 is 17.9 Å². The molecule has 0 unspecified atom stereocenters. The van der Waals surface area contributed by atoms with E-state index in [1.807, 2.05) is 18.2 Å². The largest absolute Gasteiger partial charge is 0.497 e. The van der Waals surface area contributed by atoms with Crippen LogP contribution in [0.4, 0.5) is 0 Å². The van der Waals surface area contributed by atoms with E-state index in [0.717, 1.165) is 30.2 Å². The predicted octanol–water partition coefficient (Wildman–Crippen LogP) is 8.14. The van der Waals surface area contributed by atoms with Crippen LogP contribution in [0.15, 0.2) is 53.6 Å². The van der Waals surface area contributed by atoms with Crippen molar-refractivity contribution in [3.63, 3.8) is 0 Å². The summed E-state index contributed by atoms with van der Waals surface area (Å²) in [5.74, 6) is 1.34. The van der Waals surface area contributed by atoms with Crippen LogP contribution in [0.5, 0.6) is 11.5 Å². The van der Waals surface area contributed by atoms with Gasteiger partial charge < -0.3 is 9.47 Å². The van der Waals surface area contributed by atoms with E-state index in [2.05, 4.69) is 6.92 Å². The summed E-state index contributed by atoms with van der Waals surface area (Å²) in [5.41, 5.74) is 1.67. The Morgan fingerprint density at radius 1 is 0.722 bits per heavy atom. The van der Waals surface area contributed by atoms with E-state index in [4.69, 9.17) is 9.47 Å². The number of unbranched alkanes of at least 4 members (excludes halogenated alkanes) is 11. The number of nitrogens with zero attached hydrogens (tertiary/aromatic N) is 1. The molecular weight excluding hydrogens is 470 g/mol. The van der Waals surface area contributed by atoms with E-state index < -0.39 is 10.0 Å². The van der Waals surface area contributed by atoms with Crippen LogP contribution in [0.2, 0.25) is 0 Å². The lowest BCUT2D eigenvalue weighted by Crippen LogP contribution is -2.11. The Morgan fingerprint density at radius 2 is 1.31 bits per heavy atom. The standard InChI is InChI=1S/C30H43NO4S/c1-4-5-6-7-8-9-10-11-12-13-14-15-17-25-24-31(28-18-16-19-29(35-3)30(25)28)36(32,33)27-22-20-26(34-2)21-23-27/h16,18-24H,4-15,17H2,1-3H3. The third kappa shape index (κ3) is 7.28. The van der Waals surface area contributed by atoms with Crippen LogP contribution in [-0.4, -0.2) is 26.6 Å². The monoisotopic (exact) mass is 513 g/mol. The maximum Gasteiger partial charge on any atom is 0.268 e. The normalized spacial score (nSPS) is 11.8. The molecule has 36 heavy (non-hydrogen) atoms. The molecule has 0 bridgehead atoms. The predicted molar refractivity (Wildman–Crippen MR) is 149 cm³/mol. The molecule has 198 valence electrons. The zero-order valence-corrected chi connectivity index (χ0v) is 23.1. The Hall–Kier alpha value is -2.47. The van der Waals surface area contributed by atoms with Crippen molar-refractivity contribution in [3.05, 3.63) is 54.2 Å². The van der Waals surface area contributed by atoms with Crippen molar-refractivity contribution in [2.24, 2.45) is 0 Å². The molecule has 0 saturated heterocycles. The Bertz CT molecular complexity index is 1170. The van der Waals surface area contributed by atoms with Crippen molar-refractivity contribution in [1.82, 2.24) is 3.97 Å². The van der Waals surface area contributed by atoms with E-state index in [9.17, 15) is 8.42 Å². The lowest BCUT2D eigenvalue weighted by atomic mass is 10.0. The minimum atomic E-state index is -3.74. The molecule has 1 heterocycles. The second-order valence-electron chi connectivity index (χ2n) is 9.62. The molecule has 3 rings (SSSR count). The first kappa shape index (κ1) is 28.1. The maximum atomic E-state index is 13.5. The van der Waals surface area contributed by atoms with E-state index in [1.54, 1.807) is 44.7 Å². The first-order valence-corrected chi connectivity index (χ1v) is 15.0. The van der Waals surface area contributed by atoms with E-state index in [-0.39, 0.29) is 4.90 Å². The molecule has 0 aliphatic rings. The van der Waals surface area contributed by atoms with Gasteiger partial charge in [-0.25, -0.2) is 12.4 Å². The Balaban J connectivity index is 1.61. The molecule has 0 aliphatic heterocycles.